The molecule has 0 aromatic carbocycles. The molecule has 1 aromatic rings. The number of carbonyl (C=O) groups is 1. The van der Waals surface area contributed by atoms with Gasteiger partial charge in [0.05, 0.1) is 5.69 Å². The van der Waals surface area contributed by atoms with Crippen LogP contribution in [0.15, 0.2) is 6.07 Å². The van der Waals surface area contributed by atoms with Crippen molar-refractivity contribution in [2.24, 2.45) is 18.9 Å². The lowest BCUT2D eigenvalue weighted by Crippen LogP contribution is -2.16. The number of nitrogens with one attached hydrogen (secondary N) is 1. The van der Waals surface area contributed by atoms with Crippen LogP contribution in [0.25, 0.3) is 0 Å². The third-order valence-corrected chi connectivity index (χ3v) is 2.41. The topological polar surface area (TPSA) is 46.9 Å². The Balaban J connectivity index is 2.65. The van der Waals surface area contributed by atoms with E-state index in [0.29, 0.717) is 18.3 Å². The van der Waals surface area contributed by atoms with E-state index in [2.05, 4.69) is 24.3 Å². The zero-order valence-electron chi connectivity index (χ0n) is 11.4. The summed E-state index contributed by atoms with van der Waals surface area (Å²) in [5, 5.41) is 7.28. The van der Waals surface area contributed by atoms with Crippen LogP contribution in [0.1, 0.15) is 39.8 Å². The molecule has 1 heterocycles. The molecule has 1 N–H and O–H groups in total. The second-order valence-electron chi connectivity index (χ2n) is 5.39. The van der Waals surface area contributed by atoms with Gasteiger partial charge in [-0.2, -0.15) is 5.10 Å². The lowest BCUT2D eigenvalue weighted by Gasteiger charge is -2.06. The molecule has 1 aromatic heterocycles. The van der Waals surface area contributed by atoms with Gasteiger partial charge in [-0.25, -0.2) is 0 Å². The van der Waals surface area contributed by atoms with Gasteiger partial charge >= 0.3 is 0 Å². The zero-order valence-corrected chi connectivity index (χ0v) is 11.4. The van der Waals surface area contributed by atoms with Gasteiger partial charge in [0.1, 0.15) is 5.82 Å². The second kappa shape index (κ2) is 5.84. The molecule has 4 heteroatoms. The van der Waals surface area contributed by atoms with E-state index in [1.165, 1.54) is 0 Å². The number of amides is 1. The molecule has 0 aliphatic heterocycles. The van der Waals surface area contributed by atoms with Crippen molar-refractivity contribution in [1.82, 2.24) is 9.78 Å². The zero-order chi connectivity index (χ0) is 13.0. The smallest absolute Gasteiger partial charge is 0.225 e. The third kappa shape index (κ3) is 4.59. The first-order chi connectivity index (χ1) is 7.88. The molecular formula is C13H23N3O. The summed E-state index contributed by atoms with van der Waals surface area (Å²) in [5.41, 5.74) is 1.03. The Kier molecular flexibility index (Phi) is 4.73. The summed E-state index contributed by atoms with van der Waals surface area (Å²) in [6, 6.07) is 1.96. The average Bonchev–Trinajstić information content (AvgIpc) is 2.43. The molecule has 0 saturated carbocycles. The maximum absolute atomic E-state index is 11.7. The van der Waals surface area contributed by atoms with Crippen molar-refractivity contribution in [1.29, 1.82) is 0 Å². The highest BCUT2D eigenvalue weighted by molar-refractivity contribution is 5.89. The molecule has 0 spiro atoms. The minimum Gasteiger partial charge on any atom is -0.311 e. The highest BCUT2D eigenvalue weighted by Gasteiger charge is 2.10. The summed E-state index contributed by atoms with van der Waals surface area (Å²) in [4.78, 5) is 11.7. The standard InChI is InChI=1S/C13H23N3O/c1-9(2)6-11-8-12(16(5)15-11)14-13(17)7-10(3)4/h8-10H,6-7H2,1-5H3,(H,14,17). The molecule has 0 aliphatic carbocycles. The highest BCUT2D eigenvalue weighted by atomic mass is 16.1. The molecule has 0 bridgehead atoms. The Labute approximate surface area is 103 Å². The van der Waals surface area contributed by atoms with Crippen molar-refractivity contribution in [3.05, 3.63) is 11.8 Å². The first kappa shape index (κ1) is 13.7. The van der Waals surface area contributed by atoms with E-state index < -0.39 is 0 Å². The highest BCUT2D eigenvalue weighted by Crippen LogP contribution is 2.13. The molecule has 0 unspecified atom stereocenters. The molecule has 0 atom stereocenters. The van der Waals surface area contributed by atoms with Gasteiger partial charge in [0.25, 0.3) is 0 Å². The summed E-state index contributed by atoms with van der Waals surface area (Å²) in [6.07, 6.45) is 1.48. The number of anilines is 1. The fourth-order valence-electron chi connectivity index (χ4n) is 1.73. The van der Waals surface area contributed by atoms with Gasteiger partial charge in [0, 0.05) is 19.5 Å². The molecule has 1 rings (SSSR count). The largest absolute Gasteiger partial charge is 0.311 e. The van der Waals surface area contributed by atoms with Crippen LogP contribution in [-0.4, -0.2) is 15.7 Å². The number of hydrogen-bond acceptors (Lipinski definition) is 2. The molecule has 0 radical (unpaired) electrons. The van der Waals surface area contributed by atoms with Crippen LogP contribution in [0.4, 0.5) is 5.82 Å². The van der Waals surface area contributed by atoms with Crippen LogP contribution < -0.4 is 5.32 Å². The van der Waals surface area contributed by atoms with Crippen LogP contribution >= 0.6 is 0 Å². The Morgan fingerprint density at radius 2 is 2.00 bits per heavy atom. The number of aryl methyl sites for hydroxylation is 1. The fourth-order valence-corrected chi connectivity index (χ4v) is 1.73. The van der Waals surface area contributed by atoms with Gasteiger partial charge in [-0.3, -0.25) is 9.48 Å². The SMILES string of the molecule is CC(C)CC(=O)Nc1cc(CC(C)C)nn1C. The van der Waals surface area contributed by atoms with Gasteiger partial charge in [-0.1, -0.05) is 27.7 Å². The van der Waals surface area contributed by atoms with E-state index in [4.69, 9.17) is 0 Å². The molecule has 0 saturated heterocycles. The van der Waals surface area contributed by atoms with Gasteiger partial charge < -0.3 is 5.32 Å². The van der Waals surface area contributed by atoms with Gasteiger partial charge in [-0.05, 0) is 18.3 Å². The predicted octanol–water partition coefficient (Wildman–Crippen LogP) is 2.60. The Morgan fingerprint density at radius 1 is 1.35 bits per heavy atom. The molecule has 0 aliphatic rings. The van der Waals surface area contributed by atoms with E-state index in [1.54, 1.807) is 4.68 Å². The number of hydrogen-bond donors (Lipinski definition) is 1. The Bertz CT molecular complexity index is 380. The van der Waals surface area contributed by atoms with Gasteiger partial charge in [-0.15, -0.1) is 0 Å². The molecule has 96 valence electrons. The summed E-state index contributed by atoms with van der Waals surface area (Å²) >= 11 is 0. The van der Waals surface area contributed by atoms with Crippen molar-refractivity contribution in [3.63, 3.8) is 0 Å². The van der Waals surface area contributed by atoms with E-state index in [-0.39, 0.29) is 5.91 Å². The Hall–Kier alpha value is -1.32. The van der Waals surface area contributed by atoms with Crippen LogP contribution in [0, 0.1) is 11.8 Å². The number of rotatable bonds is 5. The summed E-state index contributed by atoms with van der Waals surface area (Å²) in [6.45, 7) is 8.39. The molecule has 1 amide bonds. The lowest BCUT2D eigenvalue weighted by atomic mass is 10.1. The van der Waals surface area contributed by atoms with Crippen LogP contribution in [0.3, 0.4) is 0 Å². The van der Waals surface area contributed by atoms with Crippen molar-refractivity contribution in [2.45, 2.75) is 40.5 Å². The minimum absolute atomic E-state index is 0.0547. The van der Waals surface area contributed by atoms with Crippen LogP contribution in [0.2, 0.25) is 0 Å². The first-order valence-corrected chi connectivity index (χ1v) is 6.21. The first-order valence-electron chi connectivity index (χ1n) is 6.21. The second-order valence-corrected chi connectivity index (χ2v) is 5.39. The molecule has 4 nitrogen and oxygen atoms in total. The van der Waals surface area contributed by atoms with Crippen molar-refractivity contribution in [2.75, 3.05) is 5.32 Å². The van der Waals surface area contributed by atoms with E-state index in [9.17, 15) is 4.79 Å². The van der Waals surface area contributed by atoms with Crippen LogP contribution in [-0.2, 0) is 18.3 Å². The Morgan fingerprint density at radius 3 is 2.53 bits per heavy atom. The maximum Gasteiger partial charge on any atom is 0.225 e. The van der Waals surface area contributed by atoms with Gasteiger partial charge in [0.2, 0.25) is 5.91 Å². The van der Waals surface area contributed by atoms with E-state index >= 15 is 0 Å². The third-order valence-electron chi connectivity index (χ3n) is 2.41. The van der Waals surface area contributed by atoms with Gasteiger partial charge in [0.15, 0.2) is 0 Å². The normalized spacial score (nSPS) is 11.2. The van der Waals surface area contributed by atoms with E-state index in [1.807, 2.05) is 27.0 Å². The summed E-state index contributed by atoms with van der Waals surface area (Å²) in [5.74, 6) is 1.79. The monoisotopic (exact) mass is 237 g/mol. The number of aromatic nitrogens is 2. The number of carbonyl (C=O) groups excluding carboxylic acids is 1. The molecular weight excluding hydrogens is 214 g/mol. The fraction of sp³-hybridized carbons (Fsp3) is 0.692. The van der Waals surface area contributed by atoms with E-state index in [0.717, 1.165) is 17.9 Å². The number of nitrogens with zero attached hydrogens (tertiary/aromatic N) is 2. The van der Waals surface area contributed by atoms with Crippen molar-refractivity contribution in [3.8, 4) is 0 Å². The van der Waals surface area contributed by atoms with Crippen LogP contribution in [0.5, 0.6) is 0 Å². The summed E-state index contributed by atoms with van der Waals surface area (Å²) < 4.78 is 1.73. The maximum atomic E-state index is 11.7. The predicted molar refractivity (Wildman–Crippen MR) is 69.8 cm³/mol. The minimum atomic E-state index is 0.0547. The molecule has 0 fully saturated rings. The molecule has 17 heavy (non-hydrogen) atoms. The summed E-state index contributed by atoms with van der Waals surface area (Å²) in [7, 11) is 1.86. The van der Waals surface area contributed by atoms with Crippen molar-refractivity contribution < 1.29 is 4.79 Å². The lowest BCUT2D eigenvalue weighted by molar-refractivity contribution is -0.116. The quantitative estimate of drug-likeness (QED) is 0.855. The van der Waals surface area contributed by atoms with Crippen molar-refractivity contribution >= 4 is 11.7 Å². The average molecular weight is 237 g/mol.